The second kappa shape index (κ2) is 8.53. The second-order valence-corrected chi connectivity index (χ2v) is 7.60. The summed E-state index contributed by atoms with van der Waals surface area (Å²) in [5.41, 5.74) is -2.12. The third-order valence-corrected chi connectivity index (χ3v) is 5.40. The lowest BCUT2D eigenvalue weighted by molar-refractivity contribution is -0.143. The van der Waals surface area contributed by atoms with Crippen LogP contribution in [0, 0.1) is 0 Å². The van der Waals surface area contributed by atoms with Crippen LogP contribution >= 0.6 is 0 Å². The van der Waals surface area contributed by atoms with Crippen molar-refractivity contribution in [1.29, 1.82) is 0 Å². The maximum absolute atomic E-state index is 13.2. The topological polar surface area (TPSA) is 29.5 Å². The predicted octanol–water partition coefficient (Wildman–Crippen LogP) is 5.82. The highest BCUT2D eigenvalue weighted by molar-refractivity contribution is 5.73. The van der Waals surface area contributed by atoms with E-state index < -0.39 is 35.7 Å². The van der Waals surface area contributed by atoms with Crippen molar-refractivity contribution in [3.63, 3.8) is 0 Å². The maximum Gasteiger partial charge on any atom is 0.416 e. The Hall–Kier alpha value is -2.55. The van der Waals surface area contributed by atoms with Crippen LogP contribution in [0.2, 0.25) is 0 Å². The Bertz CT molecular complexity index is 894. The van der Waals surface area contributed by atoms with Crippen molar-refractivity contribution in [2.45, 2.75) is 44.3 Å². The zero-order chi connectivity index (χ0) is 23.0. The number of halogens is 6. The van der Waals surface area contributed by atoms with Gasteiger partial charge in [0.15, 0.2) is 0 Å². The zero-order valence-corrected chi connectivity index (χ0v) is 16.8. The lowest BCUT2D eigenvalue weighted by Gasteiger charge is -2.25. The molecule has 2 aromatic carbocycles. The van der Waals surface area contributed by atoms with E-state index in [2.05, 4.69) is 0 Å². The van der Waals surface area contributed by atoms with E-state index in [0.29, 0.717) is 18.7 Å². The van der Waals surface area contributed by atoms with E-state index in [4.69, 9.17) is 4.74 Å². The Morgan fingerprint density at radius 2 is 1.52 bits per heavy atom. The van der Waals surface area contributed by atoms with E-state index in [9.17, 15) is 31.1 Å². The average Bonchev–Trinajstić information content (AvgIpc) is 3.11. The molecular weight excluding hydrogens is 424 g/mol. The SMILES string of the molecule is CC(=O)N1C[C@@H](O[C@@H](C)c2cc(C(F)(F)F)cc(C(F)(F)F)c2)[C@H](c2ccccc2)C1. The highest BCUT2D eigenvalue weighted by Crippen LogP contribution is 2.39. The Morgan fingerprint density at radius 1 is 0.968 bits per heavy atom. The molecule has 0 N–H and O–H groups in total. The lowest BCUT2D eigenvalue weighted by Crippen LogP contribution is -2.28. The number of likely N-dealkylation sites (tertiary alicyclic amines) is 1. The third kappa shape index (κ3) is 5.39. The van der Waals surface area contributed by atoms with Crippen molar-refractivity contribution in [1.82, 2.24) is 4.90 Å². The first-order valence-electron chi connectivity index (χ1n) is 9.61. The molecule has 1 saturated heterocycles. The number of nitrogens with zero attached hydrogens (tertiary/aromatic N) is 1. The van der Waals surface area contributed by atoms with Gasteiger partial charge < -0.3 is 9.64 Å². The van der Waals surface area contributed by atoms with Crippen LogP contribution in [0.4, 0.5) is 26.3 Å². The highest BCUT2D eigenvalue weighted by atomic mass is 19.4. The first kappa shape index (κ1) is 23.1. The van der Waals surface area contributed by atoms with Gasteiger partial charge in [-0.05, 0) is 36.2 Å². The summed E-state index contributed by atoms with van der Waals surface area (Å²) in [6, 6.07) is 10.6. The summed E-state index contributed by atoms with van der Waals surface area (Å²) in [6.07, 6.45) is -11.5. The van der Waals surface area contributed by atoms with Crippen LogP contribution < -0.4 is 0 Å². The van der Waals surface area contributed by atoms with Gasteiger partial charge in [0.2, 0.25) is 5.91 Å². The van der Waals surface area contributed by atoms with E-state index >= 15 is 0 Å². The molecule has 0 spiro atoms. The quantitative estimate of drug-likeness (QED) is 0.556. The maximum atomic E-state index is 13.2. The first-order chi connectivity index (χ1) is 14.4. The Balaban J connectivity index is 1.91. The number of carbonyl (C=O) groups excluding carboxylic acids is 1. The van der Waals surface area contributed by atoms with Gasteiger partial charge in [-0.3, -0.25) is 4.79 Å². The number of amides is 1. The number of hydrogen-bond acceptors (Lipinski definition) is 2. The zero-order valence-electron chi connectivity index (χ0n) is 16.8. The number of benzene rings is 2. The fourth-order valence-electron chi connectivity index (χ4n) is 3.74. The summed E-state index contributed by atoms with van der Waals surface area (Å²) in [4.78, 5) is 13.4. The van der Waals surface area contributed by atoms with Crippen LogP contribution in [0.3, 0.4) is 0 Å². The number of hydrogen-bond donors (Lipinski definition) is 0. The number of carbonyl (C=O) groups is 1. The molecule has 1 amide bonds. The van der Waals surface area contributed by atoms with Crippen LogP contribution in [0.25, 0.3) is 0 Å². The normalized spacial score (nSPS) is 20.7. The van der Waals surface area contributed by atoms with Gasteiger partial charge in [-0.25, -0.2) is 0 Å². The molecule has 168 valence electrons. The van der Waals surface area contributed by atoms with Crippen molar-refractivity contribution in [3.05, 3.63) is 70.8 Å². The minimum Gasteiger partial charge on any atom is -0.368 e. The van der Waals surface area contributed by atoms with Crippen molar-refractivity contribution in [2.24, 2.45) is 0 Å². The lowest BCUT2D eigenvalue weighted by atomic mass is 9.95. The van der Waals surface area contributed by atoms with Crippen molar-refractivity contribution in [3.8, 4) is 0 Å². The molecule has 0 saturated carbocycles. The molecule has 1 fully saturated rings. The van der Waals surface area contributed by atoms with Gasteiger partial charge in [0.05, 0.1) is 23.3 Å². The molecule has 0 unspecified atom stereocenters. The van der Waals surface area contributed by atoms with E-state index in [0.717, 1.165) is 5.56 Å². The molecule has 1 heterocycles. The molecule has 1 aliphatic rings. The molecule has 31 heavy (non-hydrogen) atoms. The summed E-state index contributed by atoms with van der Waals surface area (Å²) < 4.78 is 85.0. The fraction of sp³-hybridized carbons (Fsp3) is 0.409. The van der Waals surface area contributed by atoms with E-state index in [1.165, 1.54) is 13.8 Å². The molecule has 1 aliphatic heterocycles. The van der Waals surface area contributed by atoms with Crippen molar-refractivity contribution >= 4 is 5.91 Å². The van der Waals surface area contributed by atoms with E-state index in [1.54, 1.807) is 4.90 Å². The van der Waals surface area contributed by atoms with E-state index in [-0.39, 0.29) is 30.0 Å². The molecule has 0 aliphatic carbocycles. The summed E-state index contributed by atoms with van der Waals surface area (Å²) >= 11 is 0. The van der Waals surface area contributed by atoms with Crippen LogP contribution in [-0.2, 0) is 21.9 Å². The molecule has 2 aromatic rings. The summed E-state index contributed by atoms with van der Waals surface area (Å²) in [5.74, 6) is -0.432. The molecule has 3 rings (SSSR count). The minimum atomic E-state index is -4.93. The van der Waals surface area contributed by atoms with Crippen molar-refractivity contribution in [2.75, 3.05) is 13.1 Å². The van der Waals surface area contributed by atoms with Crippen LogP contribution in [-0.4, -0.2) is 30.0 Å². The number of rotatable bonds is 4. The molecule has 9 heteroatoms. The van der Waals surface area contributed by atoms with Crippen molar-refractivity contribution < 1.29 is 35.9 Å². The van der Waals surface area contributed by atoms with Crippen LogP contribution in [0.5, 0.6) is 0 Å². The standard InChI is InChI=1S/C22H21F6NO2/c1-13(16-8-17(21(23,24)25)10-18(9-16)22(26,27)28)31-20-12-29(14(2)30)11-19(20)15-6-4-3-5-7-15/h3-10,13,19-20H,11-12H2,1-2H3/t13-,19-,20+/m0/s1. The third-order valence-electron chi connectivity index (χ3n) is 5.40. The van der Waals surface area contributed by atoms with Crippen LogP contribution in [0.1, 0.15) is 48.1 Å². The van der Waals surface area contributed by atoms with Gasteiger partial charge in [0.1, 0.15) is 0 Å². The largest absolute Gasteiger partial charge is 0.416 e. The highest BCUT2D eigenvalue weighted by Gasteiger charge is 2.39. The van der Waals surface area contributed by atoms with Gasteiger partial charge in [0.25, 0.3) is 0 Å². The number of ether oxygens (including phenoxy) is 1. The monoisotopic (exact) mass is 445 g/mol. The minimum absolute atomic E-state index is 0.0933. The summed E-state index contributed by atoms with van der Waals surface area (Å²) in [6.45, 7) is 3.36. The first-order valence-corrected chi connectivity index (χ1v) is 9.61. The molecular formula is C22H21F6NO2. The van der Waals surface area contributed by atoms with Gasteiger partial charge in [-0.15, -0.1) is 0 Å². The molecule has 3 nitrogen and oxygen atoms in total. The summed E-state index contributed by atoms with van der Waals surface area (Å²) in [7, 11) is 0. The van der Waals surface area contributed by atoms with Crippen LogP contribution in [0.15, 0.2) is 48.5 Å². The molecule has 0 radical (unpaired) electrons. The molecule has 3 atom stereocenters. The van der Waals surface area contributed by atoms with Gasteiger partial charge in [-0.2, -0.15) is 26.3 Å². The van der Waals surface area contributed by atoms with Gasteiger partial charge in [-0.1, -0.05) is 30.3 Å². The van der Waals surface area contributed by atoms with Gasteiger partial charge >= 0.3 is 12.4 Å². The smallest absolute Gasteiger partial charge is 0.368 e. The predicted molar refractivity (Wildman–Crippen MR) is 101 cm³/mol. The Morgan fingerprint density at radius 3 is 2.00 bits per heavy atom. The Kier molecular flexibility index (Phi) is 6.36. The summed E-state index contributed by atoms with van der Waals surface area (Å²) in [5, 5.41) is 0. The van der Waals surface area contributed by atoms with Gasteiger partial charge in [0, 0.05) is 25.9 Å². The fourth-order valence-corrected chi connectivity index (χ4v) is 3.74. The molecule has 0 bridgehead atoms. The molecule has 0 aromatic heterocycles. The van der Waals surface area contributed by atoms with E-state index in [1.807, 2.05) is 30.3 Å². The average molecular weight is 445 g/mol. The Labute approximate surface area is 175 Å². The number of alkyl halides is 6. The second-order valence-electron chi connectivity index (χ2n) is 7.60.